The third kappa shape index (κ3) is 8.80. The summed E-state index contributed by atoms with van der Waals surface area (Å²) in [5.41, 5.74) is 9.24. The number of nitrogens with one attached hydrogen (secondary N) is 1. The van der Waals surface area contributed by atoms with Crippen molar-refractivity contribution in [3.63, 3.8) is 0 Å². The first kappa shape index (κ1) is 31.1. The van der Waals surface area contributed by atoms with E-state index in [1.807, 2.05) is 24.3 Å². The molecule has 1 unspecified atom stereocenters. The summed E-state index contributed by atoms with van der Waals surface area (Å²) in [6.07, 6.45) is -1.76. The number of carbonyl (C=O) groups excluding carboxylic acids is 3. The van der Waals surface area contributed by atoms with Crippen LogP contribution in [0.1, 0.15) is 24.5 Å². The van der Waals surface area contributed by atoms with E-state index in [-0.39, 0.29) is 43.1 Å². The van der Waals surface area contributed by atoms with Crippen molar-refractivity contribution in [2.45, 2.75) is 18.9 Å². The number of amides is 2. The van der Waals surface area contributed by atoms with E-state index in [0.29, 0.717) is 29.8 Å². The van der Waals surface area contributed by atoms with Crippen molar-refractivity contribution >= 4 is 51.9 Å². The van der Waals surface area contributed by atoms with Crippen molar-refractivity contribution in [1.82, 2.24) is 4.90 Å². The first-order valence-corrected chi connectivity index (χ1v) is 14.0. The summed E-state index contributed by atoms with van der Waals surface area (Å²) in [7, 11) is 0. The maximum Gasteiger partial charge on any atom is 0.514 e. The number of carbonyl (C=O) groups is 3. The van der Waals surface area contributed by atoms with E-state index in [1.54, 1.807) is 0 Å². The molecule has 0 radical (unpaired) electrons. The molecule has 1 saturated heterocycles. The Morgan fingerprint density at radius 2 is 1.65 bits per heavy atom. The molecule has 0 aromatic heterocycles. The topological polar surface area (TPSA) is 186 Å². The van der Waals surface area contributed by atoms with E-state index < -0.39 is 23.1 Å². The molecule has 14 nitrogen and oxygen atoms in total. The molecule has 3 aromatic carbocycles. The molecule has 1 heterocycles. The predicted octanol–water partition coefficient (Wildman–Crippen LogP) is 5.98. The zero-order chi connectivity index (χ0) is 30.8. The number of piperidine rings is 1. The van der Waals surface area contributed by atoms with Crippen LogP contribution < -0.4 is 14.8 Å². The van der Waals surface area contributed by atoms with Crippen LogP contribution in [0, 0.1) is 19.6 Å². The summed E-state index contributed by atoms with van der Waals surface area (Å²) in [6, 6.07) is 18.3. The molecule has 1 aliphatic rings. The molecule has 0 saturated carbocycles. The minimum absolute atomic E-state index is 0.0106. The highest BCUT2D eigenvalue weighted by Gasteiger charge is 2.34. The van der Waals surface area contributed by atoms with Crippen LogP contribution in [-0.2, 0) is 14.3 Å². The smallest absolute Gasteiger partial charge is 0.488 e. The van der Waals surface area contributed by atoms with E-state index in [9.17, 15) is 24.5 Å². The van der Waals surface area contributed by atoms with Gasteiger partial charge in [0.2, 0.25) is 12.0 Å². The Labute approximate surface area is 258 Å². The van der Waals surface area contributed by atoms with Crippen LogP contribution in [0.15, 0.2) is 77.9 Å². The van der Waals surface area contributed by atoms with Gasteiger partial charge in [-0.1, -0.05) is 17.2 Å². The molecular weight excluding hydrogens is 675 g/mol. The fraction of sp³-hybridized carbons (Fsp3) is 0.250. The molecule has 0 bridgehead atoms. The number of halogens is 1. The second-order valence-corrected chi connectivity index (χ2v) is 10.5. The number of nitro groups is 1. The van der Waals surface area contributed by atoms with Crippen LogP contribution in [0.3, 0.4) is 0 Å². The SMILES string of the molecule is [N-]=[N+]=NCOc1ccc(C(OC(=O)Oc2ccc([N+](=O)[O-])cc2)C(=O)N2CCC(C(=O)Nc3ccc(I)cc3)CC2)cc1. The molecule has 3 aromatic rings. The molecule has 43 heavy (non-hydrogen) atoms. The van der Waals surface area contributed by atoms with Crippen LogP contribution in [0.4, 0.5) is 16.2 Å². The van der Waals surface area contributed by atoms with Gasteiger partial charge < -0.3 is 24.4 Å². The van der Waals surface area contributed by atoms with Gasteiger partial charge in [0.1, 0.15) is 11.5 Å². The number of likely N-dealkylation sites (tertiary alicyclic amines) is 1. The summed E-state index contributed by atoms with van der Waals surface area (Å²) in [6.45, 7) is 0.283. The highest BCUT2D eigenvalue weighted by Crippen LogP contribution is 2.28. The Balaban J connectivity index is 1.43. The molecule has 2 amide bonds. The van der Waals surface area contributed by atoms with Gasteiger partial charge in [-0.25, -0.2) is 4.79 Å². The Bertz CT molecular complexity index is 1500. The maximum atomic E-state index is 13.6. The number of azide groups is 1. The fourth-order valence-corrected chi connectivity index (χ4v) is 4.65. The normalized spacial score (nSPS) is 13.7. The number of benzene rings is 3. The van der Waals surface area contributed by atoms with Gasteiger partial charge in [0.15, 0.2) is 6.73 Å². The summed E-state index contributed by atoms with van der Waals surface area (Å²) < 4.78 is 17.0. The number of hydrogen-bond donors (Lipinski definition) is 1. The zero-order valence-corrected chi connectivity index (χ0v) is 24.7. The average molecular weight is 700 g/mol. The third-order valence-electron chi connectivity index (χ3n) is 6.51. The van der Waals surface area contributed by atoms with Crippen LogP contribution in [0.25, 0.3) is 10.4 Å². The van der Waals surface area contributed by atoms with Gasteiger partial charge in [-0.05, 0) is 89.5 Å². The lowest BCUT2D eigenvalue weighted by Gasteiger charge is -2.33. The van der Waals surface area contributed by atoms with Crippen molar-refractivity contribution in [1.29, 1.82) is 0 Å². The molecular formula is C28H25IN6O8. The Morgan fingerprint density at radius 3 is 2.26 bits per heavy atom. The van der Waals surface area contributed by atoms with Gasteiger partial charge in [-0.2, -0.15) is 0 Å². The van der Waals surface area contributed by atoms with Crippen molar-refractivity contribution in [2.75, 3.05) is 25.1 Å². The van der Waals surface area contributed by atoms with E-state index in [1.165, 1.54) is 53.4 Å². The highest BCUT2D eigenvalue weighted by atomic mass is 127. The first-order valence-electron chi connectivity index (χ1n) is 12.9. The zero-order valence-electron chi connectivity index (χ0n) is 22.5. The maximum absolute atomic E-state index is 13.6. The average Bonchev–Trinajstić information content (AvgIpc) is 3.01. The second-order valence-electron chi connectivity index (χ2n) is 9.27. The van der Waals surface area contributed by atoms with Crippen molar-refractivity contribution < 1.29 is 33.5 Å². The third-order valence-corrected chi connectivity index (χ3v) is 7.23. The lowest BCUT2D eigenvalue weighted by Crippen LogP contribution is -2.44. The number of rotatable bonds is 10. The Hall–Kier alpha value is -4.89. The molecule has 1 fully saturated rings. The lowest BCUT2D eigenvalue weighted by atomic mass is 9.95. The number of non-ortho nitro benzene ring substituents is 1. The first-order chi connectivity index (χ1) is 20.7. The van der Waals surface area contributed by atoms with Gasteiger partial charge in [-0.3, -0.25) is 19.7 Å². The van der Waals surface area contributed by atoms with Crippen molar-refractivity contribution in [2.24, 2.45) is 11.0 Å². The molecule has 222 valence electrons. The molecule has 15 heteroatoms. The van der Waals surface area contributed by atoms with Gasteiger partial charge in [0.05, 0.1) is 4.92 Å². The Kier molecular flexibility index (Phi) is 10.7. The standard InChI is InChI=1S/C28H25IN6O8/c29-20-3-5-21(6-4-20)32-26(36)19-13-15-34(16-14-19)27(37)25(18-1-9-23(10-2-18)41-17-31-33-30)43-28(38)42-24-11-7-22(8-12-24)35(39)40/h1-12,19,25H,13-17H2,(H,32,36). The van der Waals surface area contributed by atoms with E-state index in [2.05, 4.69) is 37.9 Å². The minimum Gasteiger partial charge on any atom is -0.488 e. The largest absolute Gasteiger partial charge is 0.514 e. The lowest BCUT2D eigenvalue weighted by molar-refractivity contribution is -0.384. The van der Waals surface area contributed by atoms with Crippen molar-refractivity contribution in [3.8, 4) is 11.5 Å². The van der Waals surface area contributed by atoms with Gasteiger partial charge in [-0.15, -0.1) is 0 Å². The van der Waals surface area contributed by atoms with Crippen LogP contribution >= 0.6 is 22.6 Å². The second kappa shape index (κ2) is 14.8. The summed E-state index contributed by atoms with van der Waals surface area (Å²) >= 11 is 2.18. The quantitative estimate of drug-likeness (QED) is 0.0391. The fourth-order valence-electron chi connectivity index (χ4n) is 4.29. The Morgan fingerprint density at radius 1 is 1.02 bits per heavy atom. The minimum atomic E-state index is -1.39. The van der Waals surface area contributed by atoms with Gasteiger partial charge in [0, 0.05) is 50.9 Å². The molecule has 1 atom stereocenters. The van der Waals surface area contributed by atoms with Crippen LogP contribution in [0.5, 0.6) is 11.5 Å². The van der Waals surface area contributed by atoms with E-state index >= 15 is 0 Å². The van der Waals surface area contributed by atoms with Gasteiger partial charge in [0.25, 0.3) is 11.6 Å². The summed E-state index contributed by atoms with van der Waals surface area (Å²) in [4.78, 5) is 53.6. The number of anilines is 1. The molecule has 1 aliphatic heterocycles. The number of nitrogens with zero attached hydrogens (tertiary/aromatic N) is 5. The molecule has 0 aliphatic carbocycles. The molecule has 4 rings (SSSR count). The number of nitro benzene ring substituents is 1. The molecule has 1 N–H and O–H groups in total. The van der Waals surface area contributed by atoms with Crippen LogP contribution in [0.2, 0.25) is 0 Å². The predicted molar refractivity (Wildman–Crippen MR) is 161 cm³/mol. The summed E-state index contributed by atoms with van der Waals surface area (Å²) in [5, 5.41) is 17.1. The monoisotopic (exact) mass is 700 g/mol. The van der Waals surface area contributed by atoms with Gasteiger partial charge >= 0.3 is 6.16 Å². The molecule has 0 spiro atoms. The van der Waals surface area contributed by atoms with Crippen molar-refractivity contribution in [3.05, 3.63) is 102 Å². The number of hydrogen-bond acceptors (Lipinski definition) is 9. The number of ether oxygens (including phenoxy) is 3. The van der Waals surface area contributed by atoms with E-state index in [0.717, 1.165) is 3.57 Å². The van der Waals surface area contributed by atoms with E-state index in [4.69, 9.17) is 19.7 Å². The van der Waals surface area contributed by atoms with Crippen LogP contribution in [-0.4, -0.2) is 47.6 Å². The highest BCUT2D eigenvalue weighted by molar-refractivity contribution is 14.1. The summed E-state index contributed by atoms with van der Waals surface area (Å²) in [5.74, 6) is -0.606.